The lowest BCUT2D eigenvalue weighted by molar-refractivity contribution is -0.385. The zero-order valence-corrected chi connectivity index (χ0v) is 52.4. The van der Waals surface area contributed by atoms with Gasteiger partial charge in [-0.2, -0.15) is 0 Å². The maximum atomic E-state index is 15.2. The van der Waals surface area contributed by atoms with Gasteiger partial charge in [0, 0.05) is 31.3 Å². The number of hydrogen-bond acceptors (Lipinski definition) is 27. The molecular formula is C60H86N12O25. The van der Waals surface area contributed by atoms with Crippen LogP contribution in [0.3, 0.4) is 0 Å². The van der Waals surface area contributed by atoms with Crippen molar-refractivity contribution in [1.82, 2.24) is 52.8 Å². The van der Waals surface area contributed by atoms with Gasteiger partial charge < -0.3 is 147 Å². The third-order valence-electron chi connectivity index (χ3n) is 18.9. The molecule has 10 rings (SSSR count). The molecule has 97 heavy (non-hydrogen) atoms. The molecule has 8 aliphatic rings. The van der Waals surface area contributed by atoms with Crippen LogP contribution in [0.1, 0.15) is 49.7 Å². The Morgan fingerprint density at radius 1 is 0.598 bits per heavy atom. The van der Waals surface area contributed by atoms with Crippen LogP contribution in [0.4, 0.5) is 0 Å². The molecule has 2 aromatic rings. The number of nitrogens with one attached hydrogen (secondary N) is 11. The average Bonchev–Trinajstić information content (AvgIpc) is 1.71. The molecule has 0 aromatic heterocycles. The second-order valence-corrected chi connectivity index (χ2v) is 25.3. The maximum Gasteiger partial charge on any atom is 0.246 e. The van der Waals surface area contributed by atoms with Crippen LogP contribution in [0.5, 0.6) is 5.75 Å². The number of fused-ring (bicyclic) bond motifs is 1. The lowest BCUT2D eigenvalue weighted by Gasteiger charge is -2.49. The fourth-order valence-electron chi connectivity index (χ4n) is 13.3. The molecule has 7 aliphatic heterocycles. The molecule has 7 heterocycles. The van der Waals surface area contributed by atoms with Gasteiger partial charge in [-0.1, -0.05) is 62.2 Å². The number of carbonyl (C=O) groups is 6. The van der Waals surface area contributed by atoms with Crippen molar-refractivity contribution in [3.63, 3.8) is 0 Å². The lowest BCUT2D eigenvalue weighted by atomic mass is 9.92. The van der Waals surface area contributed by atoms with Gasteiger partial charge in [0.2, 0.25) is 41.7 Å². The minimum absolute atomic E-state index is 0.00603. The molecule has 37 heteroatoms. The molecule has 2 aromatic carbocycles. The van der Waals surface area contributed by atoms with E-state index in [0.29, 0.717) is 5.56 Å². The Morgan fingerprint density at radius 3 is 1.92 bits per heavy atom. The van der Waals surface area contributed by atoms with Gasteiger partial charge in [-0.05, 0) is 36.1 Å². The molecule has 536 valence electrons. The van der Waals surface area contributed by atoms with E-state index in [-0.39, 0.29) is 36.3 Å². The molecular weight excluding hydrogens is 1290 g/mol. The summed E-state index contributed by atoms with van der Waals surface area (Å²) in [5.74, 6) is -9.05. The quantitative estimate of drug-likeness (QED) is 0.0699. The van der Waals surface area contributed by atoms with Crippen LogP contribution < -0.4 is 52.6 Å². The van der Waals surface area contributed by atoms with Crippen molar-refractivity contribution >= 4 is 47.4 Å². The summed E-state index contributed by atoms with van der Waals surface area (Å²) in [7, 11) is 0. The zero-order valence-electron chi connectivity index (χ0n) is 52.4. The summed E-state index contributed by atoms with van der Waals surface area (Å²) in [6.45, 7) is -2.95. The Hall–Kier alpha value is -7.12. The second kappa shape index (κ2) is 31.8. The predicted octanol–water partition coefficient (Wildman–Crippen LogP) is -10.6. The summed E-state index contributed by atoms with van der Waals surface area (Å²) in [6, 6.07) is 1.01. The number of rotatable bonds is 17. The number of guanidine groups is 2. The van der Waals surface area contributed by atoms with Crippen molar-refractivity contribution in [2.24, 2.45) is 5.92 Å². The number of amides is 6. The molecule has 1 aliphatic carbocycles. The average molecular weight is 1380 g/mol. The molecule has 37 nitrogen and oxygen atoms in total. The molecule has 6 amide bonds. The first-order chi connectivity index (χ1) is 46.4. The number of benzene rings is 2. The molecule has 0 spiro atoms. The van der Waals surface area contributed by atoms with E-state index in [1.165, 1.54) is 24.3 Å². The van der Waals surface area contributed by atoms with Crippen LogP contribution in [0, 0.1) is 16.7 Å². The Morgan fingerprint density at radius 2 is 1.25 bits per heavy atom. The van der Waals surface area contributed by atoms with Crippen LogP contribution in [-0.4, -0.2) is 312 Å². The number of nitrogens with zero attached hydrogens (tertiary/aromatic N) is 1. The van der Waals surface area contributed by atoms with Crippen molar-refractivity contribution in [1.29, 1.82) is 10.8 Å². The Kier molecular flexibility index (Phi) is 23.8. The van der Waals surface area contributed by atoms with E-state index in [1.807, 2.05) is 0 Å². The van der Waals surface area contributed by atoms with E-state index in [2.05, 4.69) is 47.9 Å². The van der Waals surface area contributed by atoms with E-state index in [1.54, 1.807) is 37.3 Å². The summed E-state index contributed by atoms with van der Waals surface area (Å²) < 4.78 is 41.4. The normalized spacial score (nSPS) is 38.4. The third kappa shape index (κ3) is 16.1. The van der Waals surface area contributed by atoms with Gasteiger partial charge in [0.15, 0.2) is 30.7 Å². The largest absolute Gasteiger partial charge is 0.462 e. The molecule has 26 unspecified atom stereocenters. The first-order valence-electron chi connectivity index (χ1n) is 32.0. The minimum Gasteiger partial charge on any atom is -0.462 e. The molecule has 26 atom stereocenters. The van der Waals surface area contributed by atoms with E-state index < -0.39 is 239 Å². The molecule has 1 saturated carbocycles. The van der Waals surface area contributed by atoms with Crippen molar-refractivity contribution in [2.45, 2.75) is 198 Å². The van der Waals surface area contributed by atoms with Gasteiger partial charge in [-0.25, -0.2) is 0 Å². The summed E-state index contributed by atoms with van der Waals surface area (Å²) in [6.07, 6.45) is -26.2. The Bertz CT molecular complexity index is 3090. The highest BCUT2D eigenvalue weighted by Crippen LogP contribution is 2.38. The number of carbonyl (C=O) groups excluding carboxylic acids is 6. The lowest BCUT2D eigenvalue weighted by Crippen LogP contribution is -2.69. The second-order valence-electron chi connectivity index (χ2n) is 25.3. The molecule has 0 bridgehead atoms. The number of ether oxygens (including phenoxy) is 7. The van der Waals surface area contributed by atoms with Crippen molar-refractivity contribution in [3.05, 3.63) is 65.7 Å². The zero-order chi connectivity index (χ0) is 69.7. The Balaban J connectivity index is 0.913. The maximum absolute atomic E-state index is 15.2. The van der Waals surface area contributed by atoms with E-state index >= 15 is 9.59 Å². The van der Waals surface area contributed by atoms with Crippen LogP contribution in [0.15, 0.2) is 54.6 Å². The molecule has 8 fully saturated rings. The summed E-state index contributed by atoms with van der Waals surface area (Å²) in [5, 5.41) is 172. The van der Waals surface area contributed by atoms with E-state index in [0.717, 1.165) is 30.6 Å². The highest BCUT2D eigenvalue weighted by atomic mass is 16.8. The Labute approximate surface area is 553 Å². The first kappa shape index (κ1) is 72.6. The van der Waals surface area contributed by atoms with Crippen LogP contribution >= 0.6 is 0 Å². The van der Waals surface area contributed by atoms with Crippen molar-refractivity contribution < 1.29 is 123 Å². The predicted molar refractivity (Wildman–Crippen MR) is 325 cm³/mol. The summed E-state index contributed by atoms with van der Waals surface area (Å²) >= 11 is 0. The highest BCUT2D eigenvalue weighted by molar-refractivity contribution is 5.98. The topological polar surface area (TPSA) is 569 Å². The van der Waals surface area contributed by atoms with Crippen LogP contribution in [-0.2, 0) is 63.6 Å². The number of hydrogen-bond donors (Lipinski definition) is 23. The third-order valence-corrected chi connectivity index (χ3v) is 18.9. The fraction of sp³-hybridized carbons (Fsp3) is 0.667. The van der Waals surface area contributed by atoms with Crippen LogP contribution in [0.25, 0.3) is 0 Å². The smallest absolute Gasteiger partial charge is 0.246 e. The summed E-state index contributed by atoms with van der Waals surface area (Å²) in [5.41, 5.74) is 0.740. The van der Waals surface area contributed by atoms with Crippen molar-refractivity contribution in [2.75, 3.05) is 46.1 Å². The van der Waals surface area contributed by atoms with Crippen LogP contribution in [0.2, 0.25) is 0 Å². The first-order valence-corrected chi connectivity index (χ1v) is 32.0. The van der Waals surface area contributed by atoms with E-state index in [9.17, 15) is 80.5 Å². The van der Waals surface area contributed by atoms with Gasteiger partial charge in [0.25, 0.3) is 0 Å². The number of aliphatic hydroxyl groups is 12. The van der Waals surface area contributed by atoms with E-state index in [4.69, 9.17) is 44.0 Å². The highest BCUT2D eigenvalue weighted by Gasteiger charge is 2.56. The summed E-state index contributed by atoms with van der Waals surface area (Å²) in [4.78, 5) is 88.2. The van der Waals surface area contributed by atoms with Crippen molar-refractivity contribution in [3.8, 4) is 5.75 Å². The van der Waals surface area contributed by atoms with Gasteiger partial charge in [0.1, 0.15) is 121 Å². The molecule has 23 N–H and O–H groups in total. The van der Waals surface area contributed by atoms with Gasteiger partial charge in [-0.3, -0.25) is 39.6 Å². The standard InChI is InChI=1S/C60H86N12O25/c1-23(25-7-3-2-4-8-25)36-52(88)66-28(15-24-11-13-27(14-12-24)92-57-46(84)43(81)48(33(21-75)94-57)97-58-47(85)44(82)49-34(95-58)22-91-56(96-49)26-9-5-6-10-26)51(87)70-37(39(77)29-16-64-59(61)68-29)54(90)71-38(53(89)67-30(19-73)50(86)63-18-35(76)69-36)40(78)31-17-65-60(62)72(31)55-45(83)42(80)41(79)32(20-74)93-55/h2-4,7-8,11-14,23,26,28-34,36-49,55-58,73-75,77-85H,5-6,9-10,15-22H2,1H3,(H2,62,65)(H,63,86)(H,66,88)(H,67,89)(H,69,76)(H,70,87)(H,71,90)(H3,61,64,68). The molecule has 0 radical (unpaired) electrons. The number of aliphatic hydroxyl groups excluding tert-OH is 12. The molecule has 7 saturated heterocycles. The fourth-order valence-corrected chi connectivity index (χ4v) is 13.3. The van der Waals surface area contributed by atoms with Gasteiger partial charge in [0.05, 0.1) is 45.1 Å². The monoisotopic (exact) mass is 1370 g/mol. The SMILES string of the molecule is CC(c1ccccc1)C1NC(=O)CNC(=O)C(CO)NC(=O)C(C(O)C2CNC(=N)N2C2OC(CO)C(O)C(O)C2O)NC(=O)C(C(O)C2CNC(=N)N2)NC(=O)C(Cc2ccc(OC3OC(CO)C(OC4OC5COC(C6CCCC6)OC5C(O)C4O)C(O)C3O)cc2)NC1=O. The van der Waals surface area contributed by atoms with Gasteiger partial charge in [-0.15, -0.1) is 0 Å². The minimum atomic E-state index is -2.35. The van der Waals surface area contributed by atoms with Gasteiger partial charge >= 0.3 is 0 Å².